The number of fused-ring (bicyclic) bond motifs is 2. The van der Waals surface area contributed by atoms with E-state index in [4.69, 9.17) is 9.47 Å². The zero-order valence-corrected chi connectivity index (χ0v) is 23.4. The molecule has 0 bridgehead atoms. The highest BCUT2D eigenvalue weighted by molar-refractivity contribution is 9.11. The first-order valence-electron chi connectivity index (χ1n) is 11.4. The molecule has 0 aliphatic carbocycles. The average Bonchev–Trinajstić information content (AvgIpc) is 3.03. The number of methoxy groups -OCH3 is 1. The van der Waals surface area contributed by atoms with Crippen LogP contribution in [0.4, 0.5) is 17.1 Å². The number of amides is 1. The van der Waals surface area contributed by atoms with Crippen LogP contribution in [0, 0.1) is 10.1 Å². The monoisotopic (exact) mass is 627 g/mol. The van der Waals surface area contributed by atoms with Crippen molar-refractivity contribution in [1.29, 1.82) is 0 Å². The molecule has 37 heavy (non-hydrogen) atoms. The first-order valence-corrected chi connectivity index (χ1v) is 13.0. The number of hydrogen-bond acceptors (Lipinski definition) is 6. The third-order valence-corrected chi connectivity index (χ3v) is 8.07. The number of nitrogens with one attached hydrogen (secondary N) is 1. The number of benzene rings is 3. The standard InChI is InChI=1S/C27H23Br2N3O5/c1-26(2)19-6-4-5-7-22(19)31(15-24(33)30-21-9-8-17(28)13-20(21)29)27(26)11-10-16-12-18(32(34)35)14-23(36-3)25(16)37-27/h4-14H,15H2,1-3H3,(H,30,33). The van der Waals surface area contributed by atoms with E-state index in [0.717, 1.165) is 20.2 Å². The summed E-state index contributed by atoms with van der Waals surface area (Å²) in [5.74, 6) is 0.411. The number of hydrogen-bond donors (Lipinski definition) is 1. The van der Waals surface area contributed by atoms with E-state index in [-0.39, 0.29) is 23.9 Å². The van der Waals surface area contributed by atoms with E-state index in [0.29, 0.717) is 17.0 Å². The Labute approximate surface area is 230 Å². The number of non-ortho nitro benzene ring substituents is 1. The largest absolute Gasteiger partial charge is 0.493 e. The molecular weight excluding hydrogens is 606 g/mol. The lowest BCUT2D eigenvalue weighted by Gasteiger charge is -2.47. The minimum absolute atomic E-state index is 0.00207. The molecule has 3 aromatic carbocycles. The molecule has 1 unspecified atom stereocenters. The van der Waals surface area contributed by atoms with Crippen LogP contribution in [0.15, 0.2) is 69.6 Å². The van der Waals surface area contributed by atoms with Gasteiger partial charge in [0.05, 0.1) is 29.2 Å². The number of nitro groups is 1. The third kappa shape index (κ3) is 4.08. The molecule has 5 rings (SSSR count). The summed E-state index contributed by atoms with van der Waals surface area (Å²) in [4.78, 5) is 26.3. The maximum Gasteiger partial charge on any atom is 0.274 e. The van der Waals surface area contributed by atoms with Crippen molar-refractivity contribution in [3.05, 3.63) is 90.9 Å². The van der Waals surface area contributed by atoms with Gasteiger partial charge in [-0.15, -0.1) is 0 Å². The highest BCUT2D eigenvalue weighted by atomic mass is 79.9. The van der Waals surface area contributed by atoms with Crippen LogP contribution in [-0.4, -0.2) is 30.2 Å². The van der Waals surface area contributed by atoms with Crippen LogP contribution < -0.4 is 19.7 Å². The highest BCUT2D eigenvalue weighted by Gasteiger charge is 2.59. The first-order chi connectivity index (χ1) is 17.6. The van der Waals surface area contributed by atoms with Gasteiger partial charge in [-0.25, -0.2) is 0 Å². The summed E-state index contributed by atoms with van der Waals surface area (Å²) < 4.78 is 13.9. The van der Waals surface area contributed by atoms with Crippen LogP contribution >= 0.6 is 31.9 Å². The number of rotatable bonds is 5. The van der Waals surface area contributed by atoms with E-state index in [9.17, 15) is 14.9 Å². The fraction of sp³-hybridized carbons (Fsp3) is 0.222. The van der Waals surface area contributed by atoms with E-state index >= 15 is 0 Å². The molecule has 3 aromatic rings. The molecule has 2 heterocycles. The van der Waals surface area contributed by atoms with E-state index < -0.39 is 16.1 Å². The van der Waals surface area contributed by atoms with Crippen molar-refractivity contribution < 1.29 is 19.2 Å². The van der Waals surface area contributed by atoms with Crippen LogP contribution in [0.25, 0.3) is 6.08 Å². The molecule has 190 valence electrons. The van der Waals surface area contributed by atoms with Crippen molar-refractivity contribution in [2.75, 3.05) is 23.9 Å². The summed E-state index contributed by atoms with van der Waals surface area (Å²) >= 11 is 6.92. The SMILES string of the molecule is COc1cc([N+](=O)[O-])cc2c1OC1(C=C2)N(CC(=O)Nc2ccc(Br)cc2Br)c2ccccc2C1(C)C. The lowest BCUT2D eigenvalue weighted by atomic mass is 9.76. The van der Waals surface area contributed by atoms with Crippen molar-refractivity contribution in [1.82, 2.24) is 0 Å². The summed E-state index contributed by atoms with van der Waals surface area (Å²) in [6.07, 6.45) is 3.68. The van der Waals surface area contributed by atoms with Gasteiger partial charge in [-0.2, -0.15) is 0 Å². The average molecular weight is 629 g/mol. The Hall–Kier alpha value is -3.37. The predicted octanol–water partition coefficient (Wildman–Crippen LogP) is 6.67. The van der Waals surface area contributed by atoms with E-state index in [1.54, 1.807) is 6.08 Å². The number of anilines is 2. The number of nitro benzene ring substituents is 1. The topological polar surface area (TPSA) is 93.9 Å². The molecule has 10 heteroatoms. The van der Waals surface area contributed by atoms with Crippen molar-refractivity contribution in [3.63, 3.8) is 0 Å². The van der Waals surface area contributed by atoms with Gasteiger partial charge in [0.2, 0.25) is 11.6 Å². The third-order valence-electron chi connectivity index (χ3n) is 6.92. The zero-order valence-electron chi connectivity index (χ0n) is 20.2. The van der Waals surface area contributed by atoms with Crippen LogP contribution in [0.3, 0.4) is 0 Å². The second-order valence-corrected chi connectivity index (χ2v) is 11.1. The van der Waals surface area contributed by atoms with Gasteiger partial charge in [0.25, 0.3) is 5.69 Å². The smallest absolute Gasteiger partial charge is 0.274 e. The normalized spacial score (nSPS) is 18.7. The summed E-state index contributed by atoms with van der Waals surface area (Å²) in [6.45, 7) is 4.11. The van der Waals surface area contributed by atoms with Gasteiger partial charge in [0.1, 0.15) is 6.54 Å². The van der Waals surface area contributed by atoms with Gasteiger partial charge in [0.15, 0.2) is 11.5 Å². The van der Waals surface area contributed by atoms with Crippen molar-refractivity contribution in [2.45, 2.75) is 25.0 Å². The molecule has 0 aromatic heterocycles. The summed E-state index contributed by atoms with van der Waals surface area (Å²) in [6, 6.07) is 16.2. The van der Waals surface area contributed by atoms with Gasteiger partial charge in [-0.1, -0.05) is 34.1 Å². The minimum atomic E-state index is -1.10. The molecule has 2 aliphatic heterocycles. The lowest BCUT2D eigenvalue weighted by molar-refractivity contribution is -0.385. The van der Waals surface area contributed by atoms with Gasteiger partial charge >= 0.3 is 0 Å². The Bertz CT molecular complexity index is 1470. The quantitative estimate of drug-likeness (QED) is 0.251. The number of carbonyl (C=O) groups is 1. The molecular formula is C27H23Br2N3O5. The van der Waals surface area contributed by atoms with Crippen molar-refractivity contribution in [3.8, 4) is 11.5 Å². The maximum absolute atomic E-state index is 13.4. The number of carbonyl (C=O) groups excluding carboxylic acids is 1. The Morgan fingerprint density at radius 3 is 2.62 bits per heavy atom. The number of para-hydroxylation sites is 1. The number of nitrogens with zero attached hydrogens (tertiary/aromatic N) is 2. The van der Waals surface area contributed by atoms with E-state index in [2.05, 4.69) is 51.0 Å². The summed E-state index contributed by atoms with van der Waals surface area (Å²) in [5, 5.41) is 14.4. The van der Waals surface area contributed by atoms with Gasteiger partial charge in [0, 0.05) is 26.3 Å². The zero-order chi connectivity index (χ0) is 26.5. The van der Waals surface area contributed by atoms with Gasteiger partial charge in [-0.3, -0.25) is 14.9 Å². The van der Waals surface area contributed by atoms with Crippen molar-refractivity contribution >= 4 is 60.9 Å². The minimum Gasteiger partial charge on any atom is -0.493 e. The van der Waals surface area contributed by atoms with Crippen LogP contribution in [0.2, 0.25) is 0 Å². The predicted molar refractivity (Wildman–Crippen MR) is 149 cm³/mol. The van der Waals surface area contributed by atoms with E-state index in [1.165, 1.54) is 19.2 Å². The Morgan fingerprint density at radius 2 is 1.92 bits per heavy atom. The molecule has 0 saturated carbocycles. The van der Waals surface area contributed by atoms with Crippen molar-refractivity contribution in [2.24, 2.45) is 0 Å². The molecule has 0 radical (unpaired) electrons. The van der Waals surface area contributed by atoms with Gasteiger partial charge in [-0.05, 0) is 71.8 Å². The summed E-state index contributed by atoms with van der Waals surface area (Å²) in [5.41, 5.74) is 1.28. The van der Waals surface area contributed by atoms with Crippen LogP contribution in [-0.2, 0) is 10.2 Å². The molecule has 1 spiro atoms. The fourth-order valence-electron chi connectivity index (χ4n) is 5.05. The van der Waals surface area contributed by atoms with Crippen LogP contribution in [0.5, 0.6) is 11.5 Å². The highest BCUT2D eigenvalue weighted by Crippen LogP contribution is 2.56. The lowest BCUT2D eigenvalue weighted by Crippen LogP contribution is -2.61. The molecule has 0 fully saturated rings. The van der Waals surface area contributed by atoms with E-state index in [1.807, 2.05) is 53.4 Å². The molecule has 0 saturated heterocycles. The number of ether oxygens (including phenoxy) is 2. The van der Waals surface area contributed by atoms with Crippen LogP contribution in [0.1, 0.15) is 25.0 Å². The molecule has 8 nitrogen and oxygen atoms in total. The maximum atomic E-state index is 13.4. The second kappa shape index (κ2) is 9.18. The second-order valence-electron chi connectivity index (χ2n) is 9.36. The first kappa shape index (κ1) is 25.3. The van der Waals surface area contributed by atoms with Gasteiger partial charge < -0.3 is 19.7 Å². The number of halogens is 2. The Balaban J connectivity index is 1.58. The molecule has 1 N–H and O–H groups in total. The Morgan fingerprint density at radius 1 is 1.16 bits per heavy atom. The Kier molecular flexibility index (Phi) is 6.27. The molecule has 1 atom stereocenters. The molecule has 1 amide bonds. The molecule has 2 aliphatic rings. The summed E-state index contributed by atoms with van der Waals surface area (Å²) in [7, 11) is 1.45. The fourth-order valence-corrected chi connectivity index (χ4v) is 6.19.